The molecule has 0 aliphatic heterocycles. The second-order valence-corrected chi connectivity index (χ2v) is 6.82. The fourth-order valence-corrected chi connectivity index (χ4v) is 3.56. The maximum atomic E-state index is 12.2. The fourth-order valence-electron chi connectivity index (χ4n) is 2.67. The van der Waals surface area contributed by atoms with Gasteiger partial charge in [0.05, 0.1) is 16.8 Å². The van der Waals surface area contributed by atoms with Gasteiger partial charge in [-0.3, -0.25) is 0 Å². The topological polar surface area (TPSA) is 34.2 Å². The lowest BCUT2D eigenvalue weighted by Gasteiger charge is -2.30. The molecule has 7 heteroatoms. The molecule has 2 atom stereocenters. The van der Waals surface area contributed by atoms with Gasteiger partial charge in [-0.05, 0) is 39.5 Å². The van der Waals surface area contributed by atoms with Crippen LogP contribution in [0.3, 0.4) is 0 Å². The molecule has 1 aliphatic carbocycles. The van der Waals surface area contributed by atoms with Crippen LogP contribution in [0, 0.1) is 13.8 Å². The molecule has 0 spiro atoms. The molecule has 1 N–H and O–H groups in total. The summed E-state index contributed by atoms with van der Waals surface area (Å²) in [7, 11) is 0. The van der Waals surface area contributed by atoms with Crippen LogP contribution < -0.4 is 5.32 Å². The first-order valence-electron chi connectivity index (χ1n) is 7.18. The molecule has 21 heavy (non-hydrogen) atoms. The lowest BCUT2D eigenvalue weighted by molar-refractivity contribution is -0.188. The zero-order valence-electron chi connectivity index (χ0n) is 12.3. The van der Waals surface area contributed by atoms with Crippen LogP contribution in [0.25, 0.3) is 0 Å². The van der Waals surface area contributed by atoms with E-state index in [0.717, 1.165) is 30.1 Å². The Balaban J connectivity index is 1.77. The van der Waals surface area contributed by atoms with E-state index in [-0.39, 0.29) is 12.1 Å². The molecule has 0 amide bonds. The summed E-state index contributed by atoms with van der Waals surface area (Å²) in [6, 6.07) is 0.221. The van der Waals surface area contributed by atoms with E-state index in [1.807, 2.05) is 13.8 Å². The van der Waals surface area contributed by atoms with Gasteiger partial charge in [0.15, 0.2) is 0 Å². The van der Waals surface area contributed by atoms with E-state index in [0.29, 0.717) is 12.8 Å². The Morgan fingerprint density at radius 1 is 1.33 bits per heavy atom. The van der Waals surface area contributed by atoms with E-state index in [2.05, 4.69) is 10.3 Å². The number of rotatable bonds is 5. The van der Waals surface area contributed by atoms with Crippen LogP contribution in [-0.2, 0) is 11.3 Å². The molecule has 0 saturated heterocycles. The van der Waals surface area contributed by atoms with E-state index in [1.54, 1.807) is 11.3 Å². The molecular weight excluding hydrogens is 301 g/mol. The molecule has 0 bridgehead atoms. The number of hydrogen-bond acceptors (Lipinski definition) is 4. The van der Waals surface area contributed by atoms with E-state index in [4.69, 9.17) is 4.74 Å². The van der Waals surface area contributed by atoms with Crippen LogP contribution >= 0.6 is 11.3 Å². The highest BCUT2D eigenvalue weighted by molar-refractivity contribution is 7.11. The third-order valence-corrected chi connectivity index (χ3v) is 4.73. The minimum absolute atomic E-state index is 0.221. The molecule has 1 aliphatic rings. The molecule has 1 aromatic rings. The Labute approximate surface area is 126 Å². The van der Waals surface area contributed by atoms with Crippen LogP contribution in [0.2, 0.25) is 0 Å². The van der Waals surface area contributed by atoms with Crippen molar-refractivity contribution in [3.8, 4) is 0 Å². The second kappa shape index (κ2) is 7.07. The first-order valence-corrected chi connectivity index (χ1v) is 8.00. The molecular formula is C14H21F3N2OS. The van der Waals surface area contributed by atoms with Crippen LogP contribution in [0.5, 0.6) is 0 Å². The van der Waals surface area contributed by atoms with Crippen molar-refractivity contribution in [2.45, 2.75) is 64.4 Å². The van der Waals surface area contributed by atoms with E-state index in [1.165, 1.54) is 4.88 Å². The Morgan fingerprint density at radius 3 is 2.71 bits per heavy atom. The number of halogens is 3. The molecule has 0 aromatic carbocycles. The molecule has 2 rings (SSSR count). The summed E-state index contributed by atoms with van der Waals surface area (Å²) in [4.78, 5) is 5.57. The van der Waals surface area contributed by atoms with Gasteiger partial charge in [0, 0.05) is 17.5 Å². The van der Waals surface area contributed by atoms with Gasteiger partial charge >= 0.3 is 6.18 Å². The fraction of sp³-hybridized carbons (Fsp3) is 0.786. The van der Waals surface area contributed by atoms with Crippen molar-refractivity contribution in [2.75, 3.05) is 6.61 Å². The Kier molecular flexibility index (Phi) is 5.62. The lowest BCUT2D eigenvalue weighted by atomic mass is 9.93. The Hall–Kier alpha value is -0.660. The normalized spacial score (nSPS) is 23.5. The van der Waals surface area contributed by atoms with E-state index < -0.39 is 12.8 Å². The standard InChI is InChI=1S/C14H21F3N2OS/c1-9-13(21-10(2)19-9)7-18-11-4-3-5-12(6-11)20-8-14(15,16)17/h11-12,18H,3-8H2,1-2H3. The third kappa shape index (κ3) is 5.56. The van der Waals surface area contributed by atoms with Gasteiger partial charge in [-0.2, -0.15) is 13.2 Å². The molecule has 2 unspecified atom stereocenters. The van der Waals surface area contributed by atoms with Crippen molar-refractivity contribution in [3.63, 3.8) is 0 Å². The van der Waals surface area contributed by atoms with Gasteiger partial charge in [0.25, 0.3) is 0 Å². The van der Waals surface area contributed by atoms with Gasteiger partial charge in [-0.25, -0.2) is 4.98 Å². The van der Waals surface area contributed by atoms with E-state index >= 15 is 0 Å². The highest BCUT2D eigenvalue weighted by atomic mass is 32.1. The highest BCUT2D eigenvalue weighted by Crippen LogP contribution is 2.25. The van der Waals surface area contributed by atoms with E-state index in [9.17, 15) is 13.2 Å². The molecule has 1 aromatic heterocycles. The first kappa shape index (κ1) is 16.7. The number of aryl methyl sites for hydroxylation is 2. The van der Waals surface area contributed by atoms with Crippen LogP contribution in [0.15, 0.2) is 0 Å². The van der Waals surface area contributed by atoms with Crippen LogP contribution in [-0.4, -0.2) is 29.9 Å². The number of nitrogens with one attached hydrogen (secondary N) is 1. The van der Waals surface area contributed by atoms with Gasteiger partial charge in [-0.1, -0.05) is 0 Å². The van der Waals surface area contributed by atoms with Crippen molar-refractivity contribution < 1.29 is 17.9 Å². The van der Waals surface area contributed by atoms with Crippen LogP contribution in [0.1, 0.15) is 41.3 Å². The summed E-state index contributed by atoms with van der Waals surface area (Å²) in [5.74, 6) is 0. The number of nitrogens with zero attached hydrogens (tertiary/aromatic N) is 1. The molecule has 1 heterocycles. The quantitative estimate of drug-likeness (QED) is 0.897. The number of ether oxygens (including phenoxy) is 1. The SMILES string of the molecule is Cc1nc(C)c(CNC2CCCC(OCC(F)(F)F)C2)s1. The average molecular weight is 322 g/mol. The Bertz CT molecular complexity index is 462. The molecule has 1 fully saturated rings. The minimum atomic E-state index is -4.24. The van der Waals surface area contributed by atoms with Crippen molar-refractivity contribution in [1.29, 1.82) is 0 Å². The van der Waals surface area contributed by atoms with Gasteiger partial charge in [0.2, 0.25) is 0 Å². The molecule has 1 saturated carbocycles. The molecule has 0 radical (unpaired) electrons. The summed E-state index contributed by atoms with van der Waals surface area (Å²) in [5, 5.41) is 4.47. The summed E-state index contributed by atoms with van der Waals surface area (Å²) in [6.07, 6.45) is -1.27. The Morgan fingerprint density at radius 2 is 2.10 bits per heavy atom. The monoisotopic (exact) mass is 322 g/mol. The van der Waals surface area contributed by atoms with Crippen molar-refractivity contribution >= 4 is 11.3 Å². The van der Waals surface area contributed by atoms with Gasteiger partial charge < -0.3 is 10.1 Å². The molecule has 3 nitrogen and oxygen atoms in total. The number of thiazole rings is 1. The summed E-state index contributed by atoms with van der Waals surface area (Å²) < 4.78 is 41.5. The van der Waals surface area contributed by atoms with Crippen LogP contribution in [0.4, 0.5) is 13.2 Å². The van der Waals surface area contributed by atoms with Crippen molar-refractivity contribution in [1.82, 2.24) is 10.3 Å². The summed E-state index contributed by atoms with van der Waals surface area (Å²) in [6.45, 7) is 3.55. The molecule has 120 valence electrons. The summed E-state index contributed by atoms with van der Waals surface area (Å²) in [5.41, 5.74) is 1.03. The average Bonchev–Trinajstić information content (AvgIpc) is 2.72. The van der Waals surface area contributed by atoms with Gasteiger partial charge in [-0.15, -0.1) is 11.3 Å². The predicted molar refractivity (Wildman–Crippen MR) is 76.5 cm³/mol. The third-order valence-electron chi connectivity index (χ3n) is 3.66. The minimum Gasteiger partial charge on any atom is -0.369 e. The number of alkyl halides is 3. The van der Waals surface area contributed by atoms with Crippen molar-refractivity contribution in [3.05, 3.63) is 15.6 Å². The first-order chi connectivity index (χ1) is 9.83. The smallest absolute Gasteiger partial charge is 0.369 e. The van der Waals surface area contributed by atoms with Crippen molar-refractivity contribution in [2.24, 2.45) is 0 Å². The maximum absolute atomic E-state index is 12.2. The number of aromatic nitrogens is 1. The zero-order chi connectivity index (χ0) is 15.5. The predicted octanol–water partition coefficient (Wildman–Crippen LogP) is 3.74. The maximum Gasteiger partial charge on any atom is 0.411 e. The summed E-state index contributed by atoms with van der Waals surface area (Å²) >= 11 is 1.66. The van der Waals surface area contributed by atoms with Gasteiger partial charge in [0.1, 0.15) is 6.61 Å². The zero-order valence-corrected chi connectivity index (χ0v) is 13.1. The highest BCUT2D eigenvalue weighted by Gasteiger charge is 2.31. The number of hydrogen-bond donors (Lipinski definition) is 1. The second-order valence-electron chi connectivity index (χ2n) is 5.53. The largest absolute Gasteiger partial charge is 0.411 e. The lowest BCUT2D eigenvalue weighted by Crippen LogP contribution is -2.37.